The first-order chi connectivity index (χ1) is 8.79. The molecule has 2 aromatic heterocycles. The minimum Gasteiger partial charge on any atom is -0.432 e. The SMILES string of the molecule is CCNCc1coc(N(C)Cc2ccccn2)n1. The normalized spacial score (nSPS) is 10.6. The maximum absolute atomic E-state index is 5.44. The zero-order valence-corrected chi connectivity index (χ0v) is 10.8. The zero-order chi connectivity index (χ0) is 12.8. The lowest BCUT2D eigenvalue weighted by Gasteiger charge is -2.13. The van der Waals surface area contributed by atoms with Crippen molar-refractivity contribution in [2.24, 2.45) is 0 Å². The van der Waals surface area contributed by atoms with Crippen LogP contribution in [0.5, 0.6) is 0 Å². The van der Waals surface area contributed by atoms with Gasteiger partial charge in [-0.15, -0.1) is 0 Å². The Morgan fingerprint density at radius 2 is 2.22 bits per heavy atom. The van der Waals surface area contributed by atoms with Crippen molar-refractivity contribution in [3.05, 3.63) is 42.0 Å². The monoisotopic (exact) mass is 246 g/mol. The quantitative estimate of drug-likeness (QED) is 0.842. The van der Waals surface area contributed by atoms with Crippen LogP contribution in [-0.4, -0.2) is 23.6 Å². The van der Waals surface area contributed by atoms with E-state index >= 15 is 0 Å². The molecule has 18 heavy (non-hydrogen) atoms. The van der Waals surface area contributed by atoms with Crippen molar-refractivity contribution in [1.29, 1.82) is 0 Å². The van der Waals surface area contributed by atoms with Gasteiger partial charge in [-0.2, -0.15) is 4.98 Å². The molecule has 96 valence electrons. The number of rotatable bonds is 6. The van der Waals surface area contributed by atoms with Gasteiger partial charge in [0, 0.05) is 19.8 Å². The molecule has 2 heterocycles. The number of aromatic nitrogens is 2. The molecule has 0 spiro atoms. The maximum atomic E-state index is 5.44. The molecule has 0 aliphatic carbocycles. The second kappa shape index (κ2) is 6.16. The van der Waals surface area contributed by atoms with Crippen LogP contribution in [-0.2, 0) is 13.1 Å². The Balaban J connectivity index is 1.96. The van der Waals surface area contributed by atoms with Gasteiger partial charge in [-0.1, -0.05) is 13.0 Å². The van der Waals surface area contributed by atoms with E-state index in [2.05, 4.69) is 22.2 Å². The predicted molar refractivity (Wildman–Crippen MR) is 70.2 cm³/mol. The number of anilines is 1. The third-order valence-electron chi connectivity index (χ3n) is 2.55. The molecular formula is C13H18N4O. The van der Waals surface area contributed by atoms with Gasteiger partial charge in [0.2, 0.25) is 0 Å². The van der Waals surface area contributed by atoms with E-state index < -0.39 is 0 Å². The van der Waals surface area contributed by atoms with Crippen molar-refractivity contribution in [1.82, 2.24) is 15.3 Å². The van der Waals surface area contributed by atoms with Crippen molar-refractivity contribution in [3.8, 4) is 0 Å². The average molecular weight is 246 g/mol. The van der Waals surface area contributed by atoms with Crippen LogP contribution in [0.1, 0.15) is 18.3 Å². The number of nitrogens with zero attached hydrogens (tertiary/aromatic N) is 3. The van der Waals surface area contributed by atoms with E-state index in [1.165, 1.54) is 0 Å². The highest BCUT2D eigenvalue weighted by molar-refractivity contribution is 5.26. The molecule has 0 aromatic carbocycles. The third-order valence-corrected chi connectivity index (χ3v) is 2.55. The van der Waals surface area contributed by atoms with Gasteiger partial charge >= 0.3 is 0 Å². The second-order valence-corrected chi connectivity index (χ2v) is 4.08. The van der Waals surface area contributed by atoms with Crippen molar-refractivity contribution in [2.75, 3.05) is 18.5 Å². The molecule has 2 aromatic rings. The van der Waals surface area contributed by atoms with Crippen LogP contribution in [0.15, 0.2) is 35.1 Å². The predicted octanol–water partition coefficient (Wildman–Crippen LogP) is 1.82. The smallest absolute Gasteiger partial charge is 0.297 e. The van der Waals surface area contributed by atoms with Gasteiger partial charge in [-0.3, -0.25) is 4.98 Å². The lowest BCUT2D eigenvalue weighted by Crippen LogP contribution is -2.18. The van der Waals surface area contributed by atoms with E-state index in [9.17, 15) is 0 Å². The Morgan fingerprint density at radius 1 is 1.33 bits per heavy atom. The van der Waals surface area contributed by atoms with Gasteiger partial charge in [0.1, 0.15) is 6.26 Å². The maximum Gasteiger partial charge on any atom is 0.297 e. The molecule has 0 aliphatic heterocycles. The Hall–Kier alpha value is -1.88. The summed E-state index contributed by atoms with van der Waals surface area (Å²) in [7, 11) is 1.94. The Morgan fingerprint density at radius 3 is 2.94 bits per heavy atom. The first-order valence-electron chi connectivity index (χ1n) is 6.05. The van der Waals surface area contributed by atoms with Gasteiger partial charge in [-0.05, 0) is 18.7 Å². The summed E-state index contributed by atoms with van der Waals surface area (Å²) in [5.74, 6) is 0. The topological polar surface area (TPSA) is 54.2 Å². The Labute approximate surface area is 107 Å². The molecule has 1 N–H and O–H groups in total. The summed E-state index contributed by atoms with van der Waals surface area (Å²) in [6.45, 7) is 4.40. The van der Waals surface area contributed by atoms with Crippen molar-refractivity contribution in [2.45, 2.75) is 20.0 Å². The number of oxazole rings is 1. The van der Waals surface area contributed by atoms with E-state index in [0.717, 1.165) is 24.5 Å². The third kappa shape index (κ3) is 3.30. The number of pyridine rings is 1. The minimum absolute atomic E-state index is 0.619. The molecule has 0 radical (unpaired) electrons. The van der Waals surface area contributed by atoms with E-state index in [4.69, 9.17) is 4.42 Å². The summed E-state index contributed by atoms with van der Waals surface area (Å²) in [5, 5.41) is 3.21. The van der Waals surface area contributed by atoms with Crippen molar-refractivity contribution in [3.63, 3.8) is 0 Å². The van der Waals surface area contributed by atoms with Crippen LogP contribution >= 0.6 is 0 Å². The van der Waals surface area contributed by atoms with E-state index in [-0.39, 0.29) is 0 Å². The highest BCUT2D eigenvalue weighted by Crippen LogP contribution is 2.14. The molecule has 5 nitrogen and oxygen atoms in total. The molecule has 2 rings (SSSR count). The van der Waals surface area contributed by atoms with E-state index in [0.29, 0.717) is 12.6 Å². The van der Waals surface area contributed by atoms with Crippen molar-refractivity contribution < 1.29 is 4.42 Å². The molecule has 0 saturated heterocycles. The first kappa shape index (κ1) is 12.6. The molecule has 5 heteroatoms. The number of hydrogen-bond acceptors (Lipinski definition) is 5. The summed E-state index contributed by atoms with van der Waals surface area (Å²) >= 11 is 0. The van der Waals surface area contributed by atoms with Crippen LogP contribution in [0.4, 0.5) is 6.01 Å². The van der Waals surface area contributed by atoms with Gasteiger partial charge in [0.05, 0.1) is 17.9 Å². The second-order valence-electron chi connectivity index (χ2n) is 4.08. The number of nitrogens with one attached hydrogen (secondary N) is 1. The molecule has 0 amide bonds. The first-order valence-corrected chi connectivity index (χ1v) is 6.05. The van der Waals surface area contributed by atoms with E-state index in [1.807, 2.05) is 30.1 Å². The van der Waals surface area contributed by atoms with Gasteiger partial charge < -0.3 is 14.6 Å². The van der Waals surface area contributed by atoms with E-state index in [1.54, 1.807) is 12.5 Å². The van der Waals surface area contributed by atoms with Gasteiger partial charge in [-0.25, -0.2) is 0 Å². The molecule has 0 fully saturated rings. The lowest BCUT2D eigenvalue weighted by atomic mass is 10.3. The fourth-order valence-corrected chi connectivity index (χ4v) is 1.61. The summed E-state index contributed by atoms with van der Waals surface area (Å²) in [6.07, 6.45) is 3.47. The van der Waals surface area contributed by atoms with Crippen molar-refractivity contribution >= 4 is 6.01 Å². The summed E-state index contributed by atoms with van der Waals surface area (Å²) < 4.78 is 5.44. The van der Waals surface area contributed by atoms with Gasteiger partial charge in [0.15, 0.2) is 0 Å². The molecule has 0 unspecified atom stereocenters. The largest absolute Gasteiger partial charge is 0.432 e. The molecule has 0 saturated carbocycles. The molecule has 0 atom stereocenters. The fraction of sp³-hybridized carbons (Fsp3) is 0.385. The van der Waals surface area contributed by atoms with Crippen LogP contribution in [0.2, 0.25) is 0 Å². The zero-order valence-electron chi connectivity index (χ0n) is 10.8. The average Bonchev–Trinajstić information content (AvgIpc) is 2.86. The summed E-state index contributed by atoms with van der Waals surface area (Å²) in [6, 6.07) is 6.48. The lowest BCUT2D eigenvalue weighted by molar-refractivity contribution is 0.542. The van der Waals surface area contributed by atoms with Crippen LogP contribution in [0.25, 0.3) is 0 Å². The molecular weight excluding hydrogens is 228 g/mol. The van der Waals surface area contributed by atoms with Crippen LogP contribution < -0.4 is 10.2 Å². The van der Waals surface area contributed by atoms with Crippen LogP contribution in [0.3, 0.4) is 0 Å². The number of hydrogen-bond donors (Lipinski definition) is 1. The summed E-state index contributed by atoms with van der Waals surface area (Å²) in [5.41, 5.74) is 1.91. The molecule has 0 aliphatic rings. The fourth-order valence-electron chi connectivity index (χ4n) is 1.61. The standard InChI is InChI=1S/C13H18N4O/c1-3-14-8-12-10-18-13(16-12)17(2)9-11-6-4-5-7-15-11/h4-7,10,14H,3,8-9H2,1-2H3. The van der Waals surface area contributed by atoms with Crippen LogP contribution in [0, 0.1) is 0 Å². The molecule has 0 bridgehead atoms. The van der Waals surface area contributed by atoms with Gasteiger partial charge in [0.25, 0.3) is 6.01 Å². The minimum atomic E-state index is 0.619. The summed E-state index contributed by atoms with van der Waals surface area (Å²) in [4.78, 5) is 10.6. The highest BCUT2D eigenvalue weighted by atomic mass is 16.4. The highest BCUT2D eigenvalue weighted by Gasteiger charge is 2.09. The Bertz CT molecular complexity index is 469. The Kier molecular flexibility index (Phi) is 4.30.